The summed E-state index contributed by atoms with van der Waals surface area (Å²) in [5, 5.41) is 20.5. The van der Waals surface area contributed by atoms with Gasteiger partial charge in [-0.25, -0.2) is 0 Å². The predicted molar refractivity (Wildman–Crippen MR) is 58.1 cm³/mol. The Labute approximate surface area is 92.7 Å². The van der Waals surface area contributed by atoms with Gasteiger partial charge in [-0.2, -0.15) is 4.52 Å². The van der Waals surface area contributed by atoms with E-state index in [0.717, 1.165) is 12.4 Å². The van der Waals surface area contributed by atoms with Gasteiger partial charge in [-0.1, -0.05) is 0 Å². The molecule has 7 heteroatoms. The molecule has 0 aliphatic rings. The minimum atomic E-state index is -0.316. The summed E-state index contributed by atoms with van der Waals surface area (Å²) in [6, 6.07) is 0. The Kier molecular flexibility index (Phi) is 2.95. The van der Waals surface area contributed by atoms with Gasteiger partial charge in [0.2, 0.25) is 0 Å². The molecule has 0 saturated heterocycles. The number of hydrogen-bond donors (Lipinski definition) is 1. The molecule has 0 amide bonds. The van der Waals surface area contributed by atoms with Crippen LogP contribution in [0.3, 0.4) is 0 Å². The van der Waals surface area contributed by atoms with Crippen molar-refractivity contribution < 1.29 is 5.11 Å². The van der Waals surface area contributed by atoms with E-state index in [4.69, 9.17) is 0 Å². The maximum absolute atomic E-state index is 9.23. The normalized spacial score (nSPS) is 12.9. The summed E-state index contributed by atoms with van der Waals surface area (Å²) in [5.74, 6) is 0.808. The van der Waals surface area contributed by atoms with E-state index in [1.165, 1.54) is 0 Å². The third-order valence-electron chi connectivity index (χ3n) is 2.36. The summed E-state index contributed by atoms with van der Waals surface area (Å²) < 4.78 is 1.62. The Balaban J connectivity index is 2.22. The van der Waals surface area contributed by atoms with Crippen molar-refractivity contribution in [3.63, 3.8) is 0 Å². The predicted octanol–water partition coefficient (Wildman–Crippen LogP) is -0.274. The summed E-state index contributed by atoms with van der Waals surface area (Å²) >= 11 is 0. The van der Waals surface area contributed by atoms with E-state index in [2.05, 4.69) is 20.5 Å². The van der Waals surface area contributed by atoms with Crippen molar-refractivity contribution in [2.45, 2.75) is 19.4 Å². The summed E-state index contributed by atoms with van der Waals surface area (Å²) in [6.07, 6.45) is 3.68. The van der Waals surface area contributed by atoms with Crippen molar-refractivity contribution in [1.29, 1.82) is 0 Å². The van der Waals surface area contributed by atoms with E-state index in [1.54, 1.807) is 23.8 Å². The minimum Gasteiger partial charge on any atom is -0.393 e. The molecule has 2 heterocycles. The first-order valence-corrected chi connectivity index (χ1v) is 5.10. The second-order valence-electron chi connectivity index (χ2n) is 3.77. The maximum Gasteiger partial charge on any atom is 0.199 e. The fourth-order valence-electron chi connectivity index (χ4n) is 1.42. The fourth-order valence-corrected chi connectivity index (χ4v) is 1.42. The number of rotatable bonds is 4. The molecule has 1 N–H and O–H groups in total. The maximum atomic E-state index is 9.23. The van der Waals surface area contributed by atoms with Gasteiger partial charge in [-0.05, 0) is 23.8 Å². The molecule has 86 valence electrons. The van der Waals surface area contributed by atoms with Gasteiger partial charge in [0, 0.05) is 13.6 Å². The van der Waals surface area contributed by atoms with Gasteiger partial charge in [0.05, 0.1) is 18.5 Å². The lowest BCUT2D eigenvalue weighted by molar-refractivity contribution is 0.186. The first kappa shape index (κ1) is 10.7. The molecule has 16 heavy (non-hydrogen) atoms. The van der Waals surface area contributed by atoms with Crippen LogP contribution in [0.15, 0.2) is 12.4 Å². The Hall–Kier alpha value is -1.76. The fraction of sp³-hybridized carbons (Fsp3) is 0.556. The van der Waals surface area contributed by atoms with E-state index in [-0.39, 0.29) is 6.10 Å². The van der Waals surface area contributed by atoms with Crippen LogP contribution >= 0.6 is 0 Å². The number of anilines is 1. The van der Waals surface area contributed by atoms with Gasteiger partial charge >= 0.3 is 0 Å². The Morgan fingerprint density at radius 2 is 2.31 bits per heavy atom. The highest BCUT2D eigenvalue weighted by Crippen LogP contribution is 2.11. The average Bonchev–Trinajstić information content (AvgIpc) is 2.73. The molecule has 0 aliphatic heterocycles. The van der Waals surface area contributed by atoms with E-state index >= 15 is 0 Å². The summed E-state index contributed by atoms with van der Waals surface area (Å²) in [4.78, 5) is 6.03. The number of hydrogen-bond acceptors (Lipinski definition) is 6. The van der Waals surface area contributed by atoms with Crippen LogP contribution in [0.2, 0.25) is 0 Å². The highest BCUT2D eigenvalue weighted by Gasteiger charge is 2.09. The van der Waals surface area contributed by atoms with Crippen LogP contribution in [0.4, 0.5) is 5.82 Å². The zero-order valence-electron chi connectivity index (χ0n) is 9.28. The largest absolute Gasteiger partial charge is 0.393 e. The Morgan fingerprint density at radius 1 is 1.50 bits per heavy atom. The summed E-state index contributed by atoms with van der Waals surface area (Å²) in [7, 11) is 1.92. The number of aromatic nitrogens is 5. The molecule has 2 aromatic rings. The highest BCUT2D eigenvalue weighted by molar-refractivity contribution is 5.45. The number of fused-ring (bicyclic) bond motifs is 1. The van der Waals surface area contributed by atoms with Gasteiger partial charge in [-0.3, -0.25) is 4.98 Å². The molecule has 0 fully saturated rings. The second-order valence-corrected chi connectivity index (χ2v) is 3.77. The molecule has 0 saturated carbocycles. The van der Waals surface area contributed by atoms with Crippen molar-refractivity contribution in [1.82, 2.24) is 25.0 Å². The van der Waals surface area contributed by atoms with Crippen LogP contribution in [0.25, 0.3) is 5.65 Å². The molecule has 0 radical (unpaired) electrons. The van der Waals surface area contributed by atoms with E-state index in [0.29, 0.717) is 12.1 Å². The number of aliphatic hydroxyl groups is 1. The highest BCUT2D eigenvalue weighted by atomic mass is 16.3. The second kappa shape index (κ2) is 4.40. The van der Waals surface area contributed by atoms with Gasteiger partial charge in [0.15, 0.2) is 11.5 Å². The van der Waals surface area contributed by atoms with Crippen LogP contribution in [-0.2, 0) is 0 Å². The van der Waals surface area contributed by atoms with E-state index in [9.17, 15) is 5.11 Å². The average molecular weight is 222 g/mol. The van der Waals surface area contributed by atoms with Crippen LogP contribution in [-0.4, -0.2) is 49.8 Å². The van der Waals surface area contributed by atoms with Gasteiger partial charge < -0.3 is 10.0 Å². The molecule has 0 aliphatic carbocycles. The lowest BCUT2D eigenvalue weighted by atomic mass is 10.3. The lowest BCUT2D eigenvalue weighted by Gasteiger charge is -2.19. The summed E-state index contributed by atoms with van der Waals surface area (Å²) in [6.45, 7) is 2.49. The van der Waals surface area contributed by atoms with E-state index < -0.39 is 0 Å². The van der Waals surface area contributed by atoms with Gasteiger partial charge in [-0.15, -0.1) is 5.10 Å². The van der Waals surface area contributed by atoms with Crippen LogP contribution in [0.5, 0.6) is 0 Å². The number of tetrazole rings is 1. The number of aliphatic hydroxyl groups excluding tert-OH is 1. The van der Waals surface area contributed by atoms with Crippen molar-refractivity contribution in [3.8, 4) is 0 Å². The molecule has 1 atom stereocenters. The quantitative estimate of drug-likeness (QED) is 0.767. The summed E-state index contributed by atoms with van der Waals surface area (Å²) in [5.41, 5.74) is 0.612. The van der Waals surface area contributed by atoms with E-state index in [1.807, 2.05) is 11.9 Å². The molecule has 0 bridgehead atoms. The zero-order chi connectivity index (χ0) is 11.5. The van der Waals surface area contributed by atoms with Crippen LogP contribution in [0.1, 0.15) is 13.3 Å². The standard InChI is InChI=1S/C9H14N6O/c1-7(16)3-4-14(2)9-6-10-5-8-11-12-13-15(8)9/h5-7,16H,3-4H2,1-2H3. The Morgan fingerprint density at radius 3 is 3.06 bits per heavy atom. The van der Waals surface area contributed by atoms with Gasteiger partial charge in [0.1, 0.15) is 0 Å². The van der Waals surface area contributed by atoms with Crippen LogP contribution in [0, 0.1) is 0 Å². The van der Waals surface area contributed by atoms with Crippen LogP contribution < -0.4 is 4.90 Å². The lowest BCUT2D eigenvalue weighted by Crippen LogP contribution is -2.24. The van der Waals surface area contributed by atoms with Crippen molar-refractivity contribution >= 4 is 11.5 Å². The van der Waals surface area contributed by atoms with Crippen molar-refractivity contribution in [2.24, 2.45) is 0 Å². The first-order valence-electron chi connectivity index (χ1n) is 5.10. The molecule has 2 aromatic heterocycles. The first-order chi connectivity index (χ1) is 7.68. The monoisotopic (exact) mass is 222 g/mol. The SMILES string of the molecule is CC(O)CCN(C)c1cncc2nnnn12. The molecule has 7 nitrogen and oxygen atoms in total. The Bertz CT molecular complexity index is 468. The van der Waals surface area contributed by atoms with Gasteiger partial charge in [0.25, 0.3) is 0 Å². The molecule has 0 spiro atoms. The topological polar surface area (TPSA) is 79.4 Å². The number of nitrogens with zero attached hydrogens (tertiary/aromatic N) is 6. The zero-order valence-corrected chi connectivity index (χ0v) is 9.28. The molecular formula is C9H14N6O. The third-order valence-corrected chi connectivity index (χ3v) is 2.36. The van der Waals surface area contributed by atoms with Crippen molar-refractivity contribution in [3.05, 3.63) is 12.4 Å². The third kappa shape index (κ3) is 2.08. The molecule has 1 unspecified atom stereocenters. The molecule has 2 rings (SSSR count). The minimum absolute atomic E-state index is 0.316. The smallest absolute Gasteiger partial charge is 0.199 e. The van der Waals surface area contributed by atoms with Crippen molar-refractivity contribution in [2.75, 3.05) is 18.5 Å². The molecule has 0 aromatic carbocycles. The molecular weight excluding hydrogens is 208 g/mol.